The molecule has 2 aromatic carbocycles. The normalized spacial score (nSPS) is 16.2. The lowest BCUT2D eigenvalue weighted by atomic mass is 10.2. The number of piperazine rings is 1. The molecule has 0 bridgehead atoms. The minimum absolute atomic E-state index is 0.174. The molecule has 0 spiro atoms. The van der Waals surface area contributed by atoms with Crippen molar-refractivity contribution in [2.45, 2.75) is 13.1 Å². The number of nitrogen functional groups attached to an aromatic ring is 1. The minimum atomic E-state index is -0.174. The fourth-order valence-corrected chi connectivity index (χ4v) is 3.42. The summed E-state index contributed by atoms with van der Waals surface area (Å²) in [6.07, 6.45) is 0. The number of benzene rings is 2. The van der Waals surface area contributed by atoms with Gasteiger partial charge in [0, 0.05) is 38.1 Å². The van der Waals surface area contributed by atoms with Crippen LogP contribution in [0.25, 0.3) is 10.9 Å². The molecule has 0 atom stereocenters. The number of anilines is 1. The Balaban J connectivity index is 1.36. The molecule has 0 saturated carbocycles. The molecule has 2 heterocycles. The Bertz CT molecular complexity index is 906. The van der Waals surface area contributed by atoms with E-state index < -0.39 is 0 Å². The number of rotatable bonds is 4. The van der Waals surface area contributed by atoms with Gasteiger partial charge in [0.2, 0.25) is 0 Å². The van der Waals surface area contributed by atoms with Crippen molar-refractivity contribution in [3.8, 4) is 0 Å². The number of hydrogen-bond donors (Lipinski definition) is 1. The standard InChI is InChI=1S/C20H22FN5/c21-16-5-3-4-15(12-16)13-25-8-10-26(11-9-25)14-19-23-18-7-2-1-6-17(18)20(22)24-19/h1-7,12H,8-11,13-14H2,(H2,22,23,24). The van der Waals surface area contributed by atoms with Crippen LogP contribution in [0.2, 0.25) is 0 Å². The van der Waals surface area contributed by atoms with Crippen molar-refractivity contribution in [1.82, 2.24) is 19.8 Å². The molecule has 2 N–H and O–H groups in total. The maximum atomic E-state index is 13.3. The molecular formula is C20H22FN5. The zero-order chi connectivity index (χ0) is 17.9. The van der Waals surface area contributed by atoms with E-state index in [0.29, 0.717) is 12.4 Å². The van der Waals surface area contributed by atoms with Crippen molar-refractivity contribution in [2.75, 3.05) is 31.9 Å². The van der Waals surface area contributed by atoms with Gasteiger partial charge < -0.3 is 5.73 Å². The highest BCUT2D eigenvalue weighted by molar-refractivity contribution is 5.87. The lowest BCUT2D eigenvalue weighted by Crippen LogP contribution is -2.45. The number of aromatic nitrogens is 2. The smallest absolute Gasteiger partial charge is 0.145 e. The van der Waals surface area contributed by atoms with Crippen LogP contribution in [0.1, 0.15) is 11.4 Å². The van der Waals surface area contributed by atoms with Gasteiger partial charge in [0.1, 0.15) is 17.5 Å². The Morgan fingerprint density at radius 2 is 1.62 bits per heavy atom. The second-order valence-corrected chi connectivity index (χ2v) is 6.72. The zero-order valence-corrected chi connectivity index (χ0v) is 14.6. The third kappa shape index (κ3) is 3.81. The van der Waals surface area contributed by atoms with Crippen LogP contribution in [-0.2, 0) is 13.1 Å². The summed E-state index contributed by atoms with van der Waals surface area (Å²) in [5, 5.41) is 0.899. The maximum absolute atomic E-state index is 13.3. The number of nitrogens with zero attached hydrogens (tertiary/aromatic N) is 4. The van der Waals surface area contributed by atoms with Gasteiger partial charge in [0.15, 0.2) is 0 Å². The number of fused-ring (bicyclic) bond motifs is 1. The molecule has 1 aliphatic heterocycles. The van der Waals surface area contributed by atoms with Crippen LogP contribution in [-0.4, -0.2) is 45.9 Å². The predicted molar refractivity (Wildman–Crippen MR) is 101 cm³/mol. The molecule has 1 aromatic heterocycles. The van der Waals surface area contributed by atoms with Crippen LogP contribution in [0.15, 0.2) is 48.5 Å². The summed E-state index contributed by atoms with van der Waals surface area (Å²) in [7, 11) is 0. The molecule has 3 aromatic rings. The van der Waals surface area contributed by atoms with E-state index in [2.05, 4.69) is 19.8 Å². The molecule has 4 rings (SSSR count). The Morgan fingerprint density at radius 1 is 0.885 bits per heavy atom. The first kappa shape index (κ1) is 16.9. The first-order valence-electron chi connectivity index (χ1n) is 8.88. The zero-order valence-electron chi connectivity index (χ0n) is 14.6. The van der Waals surface area contributed by atoms with E-state index in [1.165, 1.54) is 6.07 Å². The van der Waals surface area contributed by atoms with Crippen molar-refractivity contribution < 1.29 is 4.39 Å². The molecule has 6 heteroatoms. The summed E-state index contributed by atoms with van der Waals surface area (Å²) in [6, 6.07) is 14.6. The molecule has 1 saturated heterocycles. The van der Waals surface area contributed by atoms with Gasteiger partial charge in [-0.05, 0) is 29.8 Å². The van der Waals surface area contributed by atoms with Gasteiger partial charge >= 0.3 is 0 Å². The van der Waals surface area contributed by atoms with Crippen LogP contribution in [0.5, 0.6) is 0 Å². The predicted octanol–water partition coefficient (Wildman–Crippen LogP) is 2.67. The van der Waals surface area contributed by atoms with E-state index in [0.717, 1.165) is 55.0 Å². The van der Waals surface area contributed by atoms with Crippen molar-refractivity contribution >= 4 is 16.7 Å². The number of para-hydroxylation sites is 1. The molecule has 0 unspecified atom stereocenters. The van der Waals surface area contributed by atoms with E-state index in [1.54, 1.807) is 12.1 Å². The van der Waals surface area contributed by atoms with Crippen LogP contribution in [0.3, 0.4) is 0 Å². The SMILES string of the molecule is Nc1nc(CN2CCN(Cc3cccc(F)c3)CC2)nc2ccccc12. The number of hydrogen-bond acceptors (Lipinski definition) is 5. The molecule has 1 aliphatic rings. The number of nitrogens with two attached hydrogens (primary N) is 1. The highest BCUT2D eigenvalue weighted by Gasteiger charge is 2.18. The van der Waals surface area contributed by atoms with E-state index >= 15 is 0 Å². The van der Waals surface area contributed by atoms with E-state index in [-0.39, 0.29) is 5.82 Å². The molecule has 5 nitrogen and oxygen atoms in total. The summed E-state index contributed by atoms with van der Waals surface area (Å²) < 4.78 is 13.3. The topological polar surface area (TPSA) is 58.3 Å². The minimum Gasteiger partial charge on any atom is -0.383 e. The van der Waals surface area contributed by atoms with E-state index in [4.69, 9.17) is 5.73 Å². The molecule has 0 radical (unpaired) electrons. The monoisotopic (exact) mass is 351 g/mol. The molecule has 26 heavy (non-hydrogen) atoms. The fourth-order valence-electron chi connectivity index (χ4n) is 3.42. The van der Waals surface area contributed by atoms with E-state index in [1.807, 2.05) is 30.3 Å². The van der Waals surface area contributed by atoms with Crippen molar-refractivity contribution in [3.05, 3.63) is 65.7 Å². The lowest BCUT2D eigenvalue weighted by molar-refractivity contribution is 0.120. The average Bonchev–Trinajstić information content (AvgIpc) is 2.64. The third-order valence-electron chi connectivity index (χ3n) is 4.80. The van der Waals surface area contributed by atoms with Crippen LogP contribution in [0, 0.1) is 5.82 Å². The molecular weight excluding hydrogens is 329 g/mol. The average molecular weight is 351 g/mol. The molecule has 0 aliphatic carbocycles. The highest BCUT2D eigenvalue weighted by atomic mass is 19.1. The van der Waals surface area contributed by atoms with Crippen LogP contribution < -0.4 is 5.73 Å². The Labute approximate surface area is 152 Å². The highest BCUT2D eigenvalue weighted by Crippen LogP contribution is 2.18. The van der Waals surface area contributed by atoms with Crippen LogP contribution >= 0.6 is 0 Å². The Hall–Kier alpha value is -2.57. The van der Waals surface area contributed by atoms with Gasteiger partial charge in [-0.25, -0.2) is 14.4 Å². The second-order valence-electron chi connectivity index (χ2n) is 6.72. The first-order valence-corrected chi connectivity index (χ1v) is 8.88. The van der Waals surface area contributed by atoms with Crippen molar-refractivity contribution in [2.24, 2.45) is 0 Å². The van der Waals surface area contributed by atoms with Gasteiger partial charge in [-0.1, -0.05) is 24.3 Å². The first-order chi connectivity index (χ1) is 12.7. The summed E-state index contributed by atoms with van der Waals surface area (Å²) in [4.78, 5) is 13.8. The van der Waals surface area contributed by atoms with Crippen LogP contribution in [0.4, 0.5) is 10.2 Å². The quantitative estimate of drug-likeness (QED) is 0.783. The summed E-state index contributed by atoms with van der Waals surface area (Å²) >= 11 is 0. The Morgan fingerprint density at radius 3 is 2.38 bits per heavy atom. The summed E-state index contributed by atoms with van der Waals surface area (Å²) in [6.45, 7) is 5.24. The van der Waals surface area contributed by atoms with Gasteiger partial charge in [-0.15, -0.1) is 0 Å². The van der Waals surface area contributed by atoms with Gasteiger partial charge in [-0.3, -0.25) is 9.80 Å². The summed E-state index contributed by atoms with van der Waals surface area (Å²) in [5.41, 5.74) is 7.98. The fraction of sp³-hybridized carbons (Fsp3) is 0.300. The largest absolute Gasteiger partial charge is 0.383 e. The lowest BCUT2D eigenvalue weighted by Gasteiger charge is -2.34. The molecule has 0 amide bonds. The molecule has 134 valence electrons. The Kier molecular flexibility index (Phi) is 4.77. The van der Waals surface area contributed by atoms with E-state index in [9.17, 15) is 4.39 Å². The maximum Gasteiger partial charge on any atom is 0.145 e. The summed E-state index contributed by atoms with van der Waals surface area (Å²) in [5.74, 6) is 1.13. The number of halogens is 1. The van der Waals surface area contributed by atoms with Crippen molar-refractivity contribution in [3.63, 3.8) is 0 Å². The third-order valence-corrected chi connectivity index (χ3v) is 4.80. The van der Waals surface area contributed by atoms with Gasteiger partial charge in [0.05, 0.1) is 12.1 Å². The van der Waals surface area contributed by atoms with Gasteiger partial charge in [-0.2, -0.15) is 0 Å². The van der Waals surface area contributed by atoms with Gasteiger partial charge in [0.25, 0.3) is 0 Å². The molecule has 1 fully saturated rings. The van der Waals surface area contributed by atoms with Crippen molar-refractivity contribution in [1.29, 1.82) is 0 Å². The second kappa shape index (κ2) is 7.35.